The third-order valence-corrected chi connectivity index (χ3v) is 5.13. The molecule has 0 aromatic carbocycles. The molecular formula is C20H23F3N4O3. The summed E-state index contributed by atoms with van der Waals surface area (Å²) < 4.78 is 44.6. The number of pyridine rings is 1. The Labute approximate surface area is 171 Å². The molecular weight excluding hydrogens is 401 g/mol. The van der Waals surface area contributed by atoms with Crippen molar-refractivity contribution >= 4 is 11.9 Å². The van der Waals surface area contributed by atoms with Crippen molar-refractivity contribution in [1.82, 2.24) is 20.1 Å². The topological polar surface area (TPSA) is 86.1 Å². The Bertz CT molecular complexity index is 903. The maximum Gasteiger partial charge on any atom is 0.417 e. The van der Waals surface area contributed by atoms with Gasteiger partial charge in [0.05, 0.1) is 17.5 Å². The molecule has 1 fully saturated rings. The number of carbonyl (C=O) groups excluding carboxylic acids is 2. The van der Waals surface area contributed by atoms with Crippen LogP contribution >= 0.6 is 0 Å². The largest absolute Gasteiger partial charge is 0.449 e. The summed E-state index contributed by atoms with van der Waals surface area (Å²) >= 11 is 0. The number of nitrogens with one attached hydrogen (secondary N) is 1. The van der Waals surface area contributed by atoms with Crippen LogP contribution in [0.25, 0.3) is 5.82 Å². The molecule has 1 N–H and O–H groups in total. The summed E-state index contributed by atoms with van der Waals surface area (Å²) in [5, 5.41) is 6.92. The van der Waals surface area contributed by atoms with E-state index < -0.39 is 23.8 Å². The average molecular weight is 424 g/mol. The molecule has 0 saturated heterocycles. The van der Waals surface area contributed by atoms with E-state index in [1.807, 2.05) is 0 Å². The van der Waals surface area contributed by atoms with Gasteiger partial charge < -0.3 is 10.1 Å². The normalized spacial score (nSPS) is 16.2. The van der Waals surface area contributed by atoms with E-state index in [4.69, 9.17) is 4.74 Å². The SMILES string of the molecule is Cc1c(C(=O)OC(C)C(=O)NC2CCCCC2)cnn1-c1ccc(C(F)(F)F)cn1. The second-order valence-electron chi connectivity index (χ2n) is 7.35. The lowest BCUT2D eigenvalue weighted by molar-refractivity contribution is -0.137. The van der Waals surface area contributed by atoms with E-state index in [-0.39, 0.29) is 23.3 Å². The molecule has 1 aliphatic carbocycles. The lowest BCUT2D eigenvalue weighted by Crippen LogP contribution is -2.42. The van der Waals surface area contributed by atoms with Crippen LogP contribution in [0.15, 0.2) is 24.5 Å². The number of carbonyl (C=O) groups is 2. The highest BCUT2D eigenvalue weighted by Crippen LogP contribution is 2.29. The molecule has 1 aliphatic rings. The van der Waals surface area contributed by atoms with Crippen molar-refractivity contribution in [2.45, 2.75) is 64.3 Å². The van der Waals surface area contributed by atoms with E-state index in [0.29, 0.717) is 11.9 Å². The van der Waals surface area contributed by atoms with Crippen LogP contribution in [-0.4, -0.2) is 38.8 Å². The summed E-state index contributed by atoms with van der Waals surface area (Å²) in [6.45, 7) is 3.06. The Hall–Kier alpha value is -2.91. The first-order chi connectivity index (χ1) is 14.2. The van der Waals surface area contributed by atoms with Crippen LogP contribution in [0, 0.1) is 6.92 Å². The van der Waals surface area contributed by atoms with E-state index in [1.54, 1.807) is 6.92 Å². The molecule has 0 spiro atoms. The van der Waals surface area contributed by atoms with Gasteiger partial charge in [0.1, 0.15) is 5.56 Å². The van der Waals surface area contributed by atoms with Crippen molar-refractivity contribution in [2.24, 2.45) is 0 Å². The Morgan fingerprint density at radius 2 is 1.90 bits per heavy atom. The Morgan fingerprint density at radius 1 is 1.20 bits per heavy atom. The lowest BCUT2D eigenvalue weighted by Gasteiger charge is -2.24. The molecule has 1 amide bonds. The minimum Gasteiger partial charge on any atom is -0.449 e. The standard InChI is InChI=1S/C20H23F3N4O3/c1-12-16(11-25-27(12)17-9-8-14(10-24-17)20(21,22)23)19(29)30-13(2)18(28)26-15-6-4-3-5-7-15/h8-11,13,15H,3-7H2,1-2H3,(H,26,28). The second-order valence-corrected chi connectivity index (χ2v) is 7.35. The maximum atomic E-state index is 12.7. The molecule has 30 heavy (non-hydrogen) atoms. The van der Waals surface area contributed by atoms with Gasteiger partial charge in [-0.3, -0.25) is 4.79 Å². The molecule has 162 valence electrons. The fraction of sp³-hybridized carbons (Fsp3) is 0.500. The number of rotatable bonds is 5. The van der Waals surface area contributed by atoms with Crippen molar-refractivity contribution in [2.75, 3.05) is 0 Å². The van der Waals surface area contributed by atoms with Gasteiger partial charge >= 0.3 is 12.1 Å². The highest BCUT2D eigenvalue weighted by atomic mass is 19.4. The summed E-state index contributed by atoms with van der Waals surface area (Å²) in [6.07, 6.45) is 1.59. The van der Waals surface area contributed by atoms with Crippen molar-refractivity contribution in [3.63, 3.8) is 0 Å². The quantitative estimate of drug-likeness (QED) is 0.742. The van der Waals surface area contributed by atoms with Gasteiger partial charge in [0.2, 0.25) is 0 Å². The molecule has 3 rings (SSSR count). The zero-order valence-electron chi connectivity index (χ0n) is 16.7. The van der Waals surface area contributed by atoms with Gasteiger partial charge in [0.25, 0.3) is 5.91 Å². The number of alkyl halides is 3. The van der Waals surface area contributed by atoms with Crippen molar-refractivity contribution in [1.29, 1.82) is 0 Å². The van der Waals surface area contributed by atoms with Gasteiger partial charge in [0, 0.05) is 12.2 Å². The third-order valence-electron chi connectivity index (χ3n) is 5.13. The maximum absolute atomic E-state index is 12.7. The molecule has 0 aliphatic heterocycles. The van der Waals surface area contributed by atoms with Crippen LogP contribution in [0.4, 0.5) is 13.2 Å². The summed E-state index contributed by atoms with van der Waals surface area (Å²) in [4.78, 5) is 28.5. The van der Waals surface area contributed by atoms with Crippen LogP contribution in [-0.2, 0) is 15.7 Å². The minimum absolute atomic E-state index is 0.0997. The van der Waals surface area contributed by atoms with Crippen molar-refractivity contribution < 1.29 is 27.5 Å². The Morgan fingerprint density at radius 3 is 2.50 bits per heavy atom. The summed E-state index contributed by atoms with van der Waals surface area (Å²) in [5.74, 6) is -0.968. The van der Waals surface area contributed by atoms with Gasteiger partial charge in [-0.1, -0.05) is 19.3 Å². The number of ether oxygens (including phenoxy) is 1. The van der Waals surface area contributed by atoms with Gasteiger partial charge in [-0.2, -0.15) is 18.3 Å². The summed E-state index contributed by atoms with van der Waals surface area (Å²) in [5.41, 5.74) is -0.436. The number of hydrogen-bond acceptors (Lipinski definition) is 5. The highest BCUT2D eigenvalue weighted by Gasteiger charge is 2.31. The first kappa shape index (κ1) is 21.8. The van der Waals surface area contributed by atoms with E-state index in [1.165, 1.54) is 17.8 Å². The smallest absolute Gasteiger partial charge is 0.417 e. The fourth-order valence-electron chi connectivity index (χ4n) is 3.36. The molecule has 1 saturated carbocycles. The molecule has 1 atom stereocenters. The van der Waals surface area contributed by atoms with Crippen molar-refractivity contribution in [3.05, 3.63) is 41.3 Å². The highest BCUT2D eigenvalue weighted by molar-refractivity contribution is 5.93. The predicted octanol–water partition coefficient (Wildman–Crippen LogP) is 3.59. The number of halogens is 3. The second kappa shape index (κ2) is 8.85. The average Bonchev–Trinajstić information content (AvgIpc) is 3.09. The summed E-state index contributed by atoms with van der Waals surface area (Å²) in [6, 6.07) is 2.15. The van der Waals surface area contributed by atoms with Crippen LogP contribution in [0.1, 0.15) is 60.6 Å². The molecule has 0 radical (unpaired) electrons. The number of hydrogen-bond donors (Lipinski definition) is 1. The van der Waals surface area contributed by atoms with E-state index >= 15 is 0 Å². The molecule has 2 heterocycles. The lowest BCUT2D eigenvalue weighted by atomic mass is 9.95. The van der Waals surface area contributed by atoms with E-state index in [9.17, 15) is 22.8 Å². The van der Waals surface area contributed by atoms with Crippen LogP contribution in [0.3, 0.4) is 0 Å². The number of nitrogens with zero attached hydrogens (tertiary/aromatic N) is 3. The van der Waals surface area contributed by atoms with E-state index in [2.05, 4.69) is 15.4 Å². The first-order valence-electron chi connectivity index (χ1n) is 9.76. The zero-order valence-corrected chi connectivity index (χ0v) is 16.7. The van der Waals surface area contributed by atoms with Crippen LogP contribution in [0.5, 0.6) is 0 Å². The van der Waals surface area contributed by atoms with Crippen LogP contribution in [0.2, 0.25) is 0 Å². The monoisotopic (exact) mass is 424 g/mol. The fourth-order valence-corrected chi connectivity index (χ4v) is 3.36. The molecule has 1 unspecified atom stereocenters. The molecule has 2 aromatic heterocycles. The molecule has 2 aromatic rings. The minimum atomic E-state index is -4.49. The van der Waals surface area contributed by atoms with Gasteiger partial charge in [-0.25, -0.2) is 14.5 Å². The van der Waals surface area contributed by atoms with Crippen LogP contribution < -0.4 is 5.32 Å². The summed E-state index contributed by atoms with van der Waals surface area (Å²) in [7, 11) is 0. The van der Waals surface area contributed by atoms with E-state index in [0.717, 1.165) is 44.2 Å². The van der Waals surface area contributed by atoms with Gasteiger partial charge in [-0.15, -0.1) is 0 Å². The van der Waals surface area contributed by atoms with Gasteiger partial charge in [0.15, 0.2) is 11.9 Å². The van der Waals surface area contributed by atoms with Gasteiger partial charge in [-0.05, 0) is 38.8 Å². The molecule has 7 nitrogen and oxygen atoms in total. The van der Waals surface area contributed by atoms with Crippen molar-refractivity contribution in [3.8, 4) is 5.82 Å². The predicted molar refractivity (Wildman–Crippen MR) is 101 cm³/mol. The molecule has 0 bridgehead atoms. The number of aromatic nitrogens is 3. The Balaban J connectivity index is 1.65. The number of amides is 1. The first-order valence-corrected chi connectivity index (χ1v) is 9.76. The molecule has 10 heteroatoms. The third kappa shape index (κ3) is 4.98. The number of esters is 1. The Kier molecular flexibility index (Phi) is 6.42. The zero-order chi connectivity index (χ0) is 21.9.